The van der Waals surface area contributed by atoms with Crippen molar-refractivity contribution < 1.29 is 17.9 Å². The molecule has 0 bridgehead atoms. The Hall–Kier alpha value is -0.980. The summed E-state index contributed by atoms with van der Waals surface area (Å²) in [6.07, 6.45) is -0.275. The lowest BCUT2D eigenvalue weighted by molar-refractivity contribution is 0.0571. The molecule has 1 unspecified atom stereocenters. The van der Waals surface area contributed by atoms with Gasteiger partial charge in [0.2, 0.25) is 10.0 Å². The largest absolute Gasteiger partial charge is 0.393 e. The van der Waals surface area contributed by atoms with Crippen LogP contribution in [-0.2, 0) is 10.0 Å². The molecule has 2 N–H and O–H groups in total. The average Bonchev–Trinajstić information content (AvgIpc) is 2.31. The number of nitrogens with one attached hydrogen (secondary N) is 1. The van der Waals surface area contributed by atoms with Crippen LogP contribution in [0.1, 0.15) is 32.8 Å². The van der Waals surface area contributed by atoms with E-state index < -0.39 is 21.9 Å². The van der Waals surface area contributed by atoms with Gasteiger partial charge in [0.05, 0.1) is 11.0 Å². The van der Waals surface area contributed by atoms with E-state index in [1.54, 1.807) is 0 Å². The minimum atomic E-state index is -3.67. The first kappa shape index (κ1) is 17.1. The summed E-state index contributed by atoms with van der Waals surface area (Å²) in [6.45, 7) is 7.30. The van der Waals surface area contributed by atoms with Crippen LogP contribution in [0.25, 0.3) is 0 Å². The molecule has 0 fully saturated rings. The predicted molar refractivity (Wildman–Crippen MR) is 76.4 cm³/mol. The molecule has 114 valence electrons. The molecule has 6 heteroatoms. The zero-order chi connectivity index (χ0) is 15.6. The first-order valence-electron chi connectivity index (χ1n) is 6.48. The van der Waals surface area contributed by atoms with Crippen LogP contribution in [0.3, 0.4) is 0 Å². The van der Waals surface area contributed by atoms with Gasteiger partial charge >= 0.3 is 0 Å². The third-order valence-electron chi connectivity index (χ3n) is 3.15. The van der Waals surface area contributed by atoms with E-state index in [4.69, 9.17) is 0 Å². The zero-order valence-electron chi connectivity index (χ0n) is 12.3. The molecule has 0 saturated heterocycles. The maximum Gasteiger partial charge on any atom is 0.240 e. The molecule has 1 atom stereocenters. The quantitative estimate of drug-likeness (QED) is 0.876. The van der Waals surface area contributed by atoms with Gasteiger partial charge in [-0.3, -0.25) is 0 Å². The van der Waals surface area contributed by atoms with Gasteiger partial charge < -0.3 is 5.11 Å². The summed E-state index contributed by atoms with van der Waals surface area (Å²) in [5.74, 6) is -0.438. The molecular formula is C14H22FNO3S. The predicted octanol–water partition coefficient (Wildman–Crippen LogP) is 2.21. The molecule has 0 saturated carbocycles. The fourth-order valence-electron chi connectivity index (χ4n) is 1.63. The molecule has 20 heavy (non-hydrogen) atoms. The van der Waals surface area contributed by atoms with Gasteiger partial charge in [-0.1, -0.05) is 20.8 Å². The molecule has 0 radical (unpaired) electrons. The number of halogens is 1. The van der Waals surface area contributed by atoms with Gasteiger partial charge in [-0.05, 0) is 42.5 Å². The summed E-state index contributed by atoms with van der Waals surface area (Å²) in [7, 11) is -3.67. The summed E-state index contributed by atoms with van der Waals surface area (Å²) in [5.41, 5.74) is -0.0136. The molecule has 0 heterocycles. The minimum Gasteiger partial charge on any atom is -0.393 e. The van der Waals surface area contributed by atoms with Gasteiger partial charge in [0.25, 0.3) is 0 Å². The Morgan fingerprint density at radius 1 is 1.35 bits per heavy atom. The molecular weight excluding hydrogens is 281 g/mol. The van der Waals surface area contributed by atoms with E-state index in [2.05, 4.69) is 4.72 Å². The van der Waals surface area contributed by atoms with Crippen molar-refractivity contribution in [2.45, 2.75) is 45.1 Å². The third-order valence-corrected chi connectivity index (χ3v) is 4.61. The van der Waals surface area contributed by atoms with Crippen LogP contribution in [0.5, 0.6) is 0 Å². The van der Waals surface area contributed by atoms with Crippen LogP contribution in [0.15, 0.2) is 23.1 Å². The Morgan fingerprint density at radius 3 is 2.45 bits per heavy atom. The van der Waals surface area contributed by atoms with Crippen LogP contribution in [0.2, 0.25) is 0 Å². The molecule has 1 aromatic carbocycles. The second kappa shape index (κ2) is 6.20. The van der Waals surface area contributed by atoms with E-state index >= 15 is 0 Å². The molecule has 0 spiro atoms. The molecule has 0 aromatic heterocycles. The number of aliphatic hydroxyl groups is 1. The zero-order valence-corrected chi connectivity index (χ0v) is 13.1. The van der Waals surface area contributed by atoms with Crippen LogP contribution >= 0.6 is 0 Å². The fraction of sp³-hybridized carbons (Fsp3) is 0.571. The van der Waals surface area contributed by atoms with Crippen LogP contribution in [0.4, 0.5) is 4.39 Å². The Balaban J connectivity index is 2.69. The number of rotatable bonds is 5. The standard InChI is InChI=1S/C14H22FNO3S/c1-10-9-11(5-6-12(10)15)20(18,19)16-8-7-13(17)14(2,3)4/h5-6,9,13,16-17H,7-8H2,1-4H3. The molecule has 0 aliphatic heterocycles. The average molecular weight is 303 g/mol. The first-order chi connectivity index (χ1) is 9.04. The smallest absolute Gasteiger partial charge is 0.240 e. The van der Waals surface area contributed by atoms with Crippen LogP contribution in [-0.4, -0.2) is 26.2 Å². The topological polar surface area (TPSA) is 66.4 Å². The van der Waals surface area contributed by atoms with E-state index in [-0.39, 0.29) is 22.4 Å². The second-order valence-corrected chi connectivity index (χ2v) is 7.75. The number of hydrogen-bond acceptors (Lipinski definition) is 3. The Kier molecular flexibility index (Phi) is 5.29. The van der Waals surface area contributed by atoms with Gasteiger partial charge in [0.15, 0.2) is 0 Å². The van der Waals surface area contributed by atoms with Gasteiger partial charge in [0.1, 0.15) is 5.82 Å². The van der Waals surface area contributed by atoms with Gasteiger partial charge in [-0.15, -0.1) is 0 Å². The highest BCUT2D eigenvalue weighted by Crippen LogP contribution is 2.21. The monoisotopic (exact) mass is 303 g/mol. The summed E-state index contributed by atoms with van der Waals surface area (Å²) in [4.78, 5) is 0.0293. The van der Waals surface area contributed by atoms with E-state index in [0.29, 0.717) is 6.42 Å². The Labute approximate surface area is 120 Å². The van der Waals surface area contributed by atoms with Crippen molar-refractivity contribution >= 4 is 10.0 Å². The number of benzene rings is 1. The van der Waals surface area contributed by atoms with E-state index in [9.17, 15) is 17.9 Å². The summed E-state index contributed by atoms with van der Waals surface area (Å²) in [5, 5.41) is 9.85. The second-order valence-electron chi connectivity index (χ2n) is 5.98. The van der Waals surface area contributed by atoms with Gasteiger partial charge in [0, 0.05) is 6.54 Å². The van der Waals surface area contributed by atoms with Crippen LogP contribution in [0, 0.1) is 18.2 Å². The number of sulfonamides is 1. The van der Waals surface area contributed by atoms with Crippen molar-refractivity contribution in [3.05, 3.63) is 29.6 Å². The van der Waals surface area contributed by atoms with Crippen LogP contribution < -0.4 is 4.72 Å². The first-order valence-corrected chi connectivity index (χ1v) is 7.96. The maximum atomic E-state index is 13.1. The van der Waals surface area contributed by atoms with Crippen molar-refractivity contribution in [2.24, 2.45) is 5.41 Å². The third kappa shape index (κ3) is 4.54. The summed E-state index contributed by atoms with van der Waals surface area (Å²) < 4.78 is 39.6. The summed E-state index contributed by atoms with van der Waals surface area (Å²) >= 11 is 0. The SMILES string of the molecule is Cc1cc(S(=O)(=O)NCCC(O)C(C)(C)C)ccc1F. The van der Waals surface area contributed by atoms with E-state index in [1.165, 1.54) is 19.1 Å². The lowest BCUT2D eigenvalue weighted by atomic mass is 9.87. The Morgan fingerprint density at radius 2 is 1.95 bits per heavy atom. The molecule has 1 aromatic rings. The number of aryl methyl sites for hydroxylation is 1. The lowest BCUT2D eigenvalue weighted by Crippen LogP contribution is -2.32. The molecule has 1 rings (SSSR count). The van der Waals surface area contributed by atoms with Gasteiger partial charge in [-0.2, -0.15) is 0 Å². The van der Waals surface area contributed by atoms with Crippen molar-refractivity contribution in [1.29, 1.82) is 0 Å². The van der Waals surface area contributed by atoms with Crippen molar-refractivity contribution in [2.75, 3.05) is 6.54 Å². The minimum absolute atomic E-state index is 0.0293. The highest BCUT2D eigenvalue weighted by atomic mass is 32.2. The van der Waals surface area contributed by atoms with Crippen molar-refractivity contribution in [3.8, 4) is 0 Å². The van der Waals surface area contributed by atoms with E-state index in [0.717, 1.165) is 6.07 Å². The normalized spacial score (nSPS) is 14.3. The highest BCUT2D eigenvalue weighted by Gasteiger charge is 2.22. The molecule has 0 aliphatic rings. The highest BCUT2D eigenvalue weighted by molar-refractivity contribution is 7.89. The van der Waals surface area contributed by atoms with Crippen molar-refractivity contribution in [1.82, 2.24) is 4.72 Å². The lowest BCUT2D eigenvalue weighted by Gasteiger charge is -2.25. The number of aliphatic hydroxyl groups excluding tert-OH is 1. The molecule has 4 nitrogen and oxygen atoms in total. The Bertz CT molecular complexity index is 564. The van der Waals surface area contributed by atoms with Crippen molar-refractivity contribution in [3.63, 3.8) is 0 Å². The number of hydrogen-bond donors (Lipinski definition) is 2. The van der Waals surface area contributed by atoms with Gasteiger partial charge in [-0.25, -0.2) is 17.5 Å². The maximum absolute atomic E-state index is 13.1. The van der Waals surface area contributed by atoms with E-state index in [1.807, 2.05) is 20.8 Å². The molecule has 0 amide bonds. The fourth-order valence-corrected chi connectivity index (χ4v) is 2.76. The molecule has 0 aliphatic carbocycles. The summed E-state index contributed by atoms with van der Waals surface area (Å²) in [6, 6.07) is 3.65.